The van der Waals surface area contributed by atoms with Gasteiger partial charge in [0.2, 0.25) is 5.95 Å². The van der Waals surface area contributed by atoms with Gasteiger partial charge in [-0.25, -0.2) is 4.52 Å². The summed E-state index contributed by atoms with van der Waals surface area (Å²) >= 11 is 0. The van der Waals surface area contributed by atoms with Crippen LogP contribution in [-0.4, -0.2) is 31.9 Å². The number of hydrogen-bond donors (Lipinski definition) is 3. The highest BCUT2D eigenvalue weighted by molar-refractivity contribution is 5.69. The Labute approximate surface area is 161 Å². The SMILES string of the molecule is COc1ccc(O)cc1Nc1nc2ccc(-c3cc(C)c(O)c(C)c3)cn2n1. The van der Waals surface area contributed by atoms with Gasteiger partial charge in [0.1, 0.15) is 17.2 Å². The second kappa shape index (κ2) is 6.77. The minimum atomic E-state index is 0.118. The average Bonchev–Trinajstić information content (AvgIpc) is 3.07. The number of pyridine rings is 1. The van der Waals surface area contributed by atoms with Gasteiger partial charge in [-0.05, 0) is 66.9 Å². The van der Waals surface area contributed by atoms with E-state index in [4.69, 9.17) is 4.74 Å². The third kappa shape index (κ3) is 3.18. The van der Waals surface area contributed by atoms with E-state index in [0.717, 1.165) is 22.3 Å². The summed E-state index contributed by atoms with van der Waals surface area (Å²) in [4.78, 5) is 4.46. The molecule has 142 valence electrons. The first-order valence-corrected chi connectivity index (χ1v) is 8.75. The van der Waals surface area contributed by atoms with Crippen molar-refractivity contribution < 1.29 is 14.9 Å². The highest BCUT2D eigenvalue weighted by Gasteiger charge is 2.11. The summed E-state index contributed by atoms with van der Waals surface area (Å²) in [5.74, 6) is 1.40. The molecular formula is C21H20N4O3. The molecule has 2 aromatic heterocycles. The molecule has 0 saturated carbocycles. The summed E-state index contributed by atoms with van der Waals surface area (Å²) in [6.45, 7) is 3.76. The quantitative estimate of drug-likeness (QED) is 0.495. The normalized spacial score (nSPS) is 11.0. The van der Waals surface area contributed by atoms with Crippen LogP contribution in [0.1, 0.15) is 11.1 Å². The van der Waals surface area contributed by atoms with E-state index in [2.05, 4.69) is 15.4 Å². The van der Waals surface area contributed by atoms with Crippen LogP contribution in [0, 0.1) is 13.8 Å². The van der Waals surface area contributed by atoms with E-state index in [-0.39, 0.29) is 5.75 Å². The number of benzene rings is 2. The molecule has 0 atom stereocenters. The summed E-state index contributed by atoms with van der Waals surface area (Å²) in [5.41, 5.74) is 4.86. The molecule has 0 aliphatic rings. The van der Waals surface area contributed by atoms with Crippen LogP contribution in [0.2, 0.25) is 0 Å². The molecule has 2 heterocycles. The monoisotopic (exact) mass is 376 g/mol. The number of ether oxygens (including phenoxy) is 1. The molecule has 4 rings (SSSR count). The highest BCUT2D eigenvalue weighted by atomic mass is 16.5. The van der Waals surface area contributed by atoms with Crippen molar-refractivity contribution in [1.82, 2.24) is 14.6 Å². The van der Waals surface area contributed by atoms with Crippen LogP contribution in [0.15, 0.2) is 48.7 Å². The molecule has 7 heteroatoms. The predicted molar refractivity (Wildman–Crippen MR) is 108 cm³/mol. The largest absolute Gasteiger partial charge is 0.508 e. The molecule has 0 radical (unpaired) electrons. The zero-order valence-electron chi connectivity index (χ0n) is 15.8. The number of fused-ring (bicyclic) bond motifs is 1. The Morgan fingerprint density at radius 2 is 1.71 bits per heavy atom. The number of hydrogen-bond acceptors (Lipinski definition) is 6. The molecule has 28 heavy (non-hydrogen) atoms. The van der Waals surface area contributed by atoms with Crippen LogP contribution in [0.4, 0.5) is 11.6 Å². The number of phenolic OH excluding ortho intramolecular Hbond substituents is 2. The fourth-order valence-corrected chi connectivity index (χ4v) is 3.14. The second-order valence-electron chi connectivity index (χ2n) is 6.62. The Morgan fingerprint density at radius 1 is 0.964 bits per heavy atom. The van der Waals surface area contributed by atoms with Gasteiger partial charge in [-0.15, -0.1) is 5.10 Å². The maximum absolute atomic E-state index is 9.99. The minimum absolute atomic E-state index is 0.118. The predicted octanol–water partition coefficient (Wildman–Crippen LogP) is 4.18. The van der Waals surface area contributed by atoms with Crippen molar-refractivity contribution in [3.05, 3.63) is 59.8 Å². The lowest BCUT2D eigenvalue weighted by molar-refractivity contribution is 0.414. The second-order valence-corrected chi connectivity index (χ2v) is 6.62. The van der Waals surface area contributed by atoms with Crippen LogP contribution < -0.4 is 10.1 Å². The lowest BCUT2D eigenvalue weighted by Gasteiger charge is -2.08. The van der Waals surface area contributed by atoms with Gasteiger partial charge in [0, 0.05) is 17.8 Å². The Hall–Kier alpha value is -3.74. The molecule has 0 unspecified atom stereocenters. The molecule has 0 spiro atoms. The summed E-state index contributed by atoms with van der Waals surface area (Å²) in [6.07, 6.45) is 1.89. The number of aryl methyl sites for hydroxylation is 2. The first-order chi connectivity index (χ1) is 13.4. The number of anilines is 2. The van der Waals surface area contributed by atoms with Crippen molar-refractivity contribution >= 4 is 17.3 Å². The summed E-state index contributed by atoms with van der Waals surface area (Å²) in [5, 5.41) is 27.3. The summed E-state index contributed by atoms with van der Waals surface area (Å²) in [6, 6.07) is 12.5. The van der Waals surface area contributed by atoms with E-state index in [1.54, 1.807) is 29.8 Å². The molecule has 0 saturated heterocycles. The third-order valence-electron chi connectivity index (χ3n) is 4.58. The van der Waals surface area contributed by atoms with Crippen molar-refractivity contribution in [1.29, 1.82) is 0 Å². The zero-order valence-corrected chi connectivity index (χ0v) is 15.8. The van der Waals surface area contributed by atoms with Gasteiger partial charge in [0.15, 0.2) is 5.65 Å². The number of rotatable bonds is 4. The number of phenols is 2. The van der Waals surface area contributed by atoms with Crippen LogP contribution >= 0.6 is 0 Å². The molecule has 0 aliphatic carbocycles. The van der Waals surface area contributed by atoms with E-state index in [1.807, 2.05) is 44.3 Å². The number of methoxy groups -OCH3 is 1. The molecule has 2 aromatic carbocycles. The average molecular weight is 376 g/mol. The Morgan fingerprint density at radius 3 is 2.43 bits per heavy atom. The van der Waals surface area contributed by atoms with Gasteiger partial charge in [0.05, 0.1) is 12.8 Å². The molecule has 0 aliphatic heterocycles. The molecule has 3 N–H and O–H groups in total. The number of nitrogens with one attached hydrogen (secondary N) is 1. The Kier molecular flexibility index (Phi) is 4.27. The number of aromatic nitrogens is 3. The van der Waals surface area contributed by atoms with Crippen molar-refractivity contribution in [2.45, 2.75) is 13.8 Å². The minimum Gasteiger partial charge on any atom is -0.508 e. The van der Waals surface area contributed by atoms with Crippen LogP contribution in [0.25, 0.3) is 16.8 Å². The maximum Gasteiger partial charge on any atom is 0.247 e. The van der Waals surface area contributed by atoms with E-state index in [1.165, 1.54) is 0 Å². The molecule has 0 fully saturated rings. The Bertz CT molecular complexity index is 1160. The van der Waals surface area contributed by atoms with Gasteiger partial charge in [-0.2, -0.15) is 4.98 Å². The van der Waals surface area contributed by atoms with E-state index in [9.17, 15) is 10.2 Å². The highest BCUT2D eigenvalue weighted by Crippen LogP contribution is 2.31. The lowest BCUT2D eigenvalue weighted by atomic mass is 10.0. The van der Waals surface area contributed by atoms with Crippen molar-refractivity contribution in [3.63, 3.8) is 0 Å². The maximum atomic E-state index is 9.99. The van der Waals surface area contributed by atoms with E-state index >= 15 is 0 Å². The number of aromatic hydroxyl groups is 2. The van der Waals surface area contributed by atoms with E-state index < -0.39 is 0 Å². The van der Waals surface area contributed by atoms with Gasteiger partial charge < -0.3 is 20.3 Å². The van der Waals surface area contributed by atoms with Crippen molar-refractivity contribution in [2.75, 3.05) is 12.4 Å². The lowest BCUT2D eigenvalue weighted by Crippen LogP contribution is -1.96. The standard InChI is InChI=1S/C21H20N4O3/c1-12-8-15(9-13(2)20(12)27)14-4-7-19-23-21(24-25(19)11-14)22-17-10-16(26)5-6-18(17)28-3/h4-11,26-27H,1-3H3,(H,22,24). The molecule has 4 aromatic rings. The smallest absolute Gasteiger partial charge is 0.247 e. The fraction of sp³-hybridized carbons (Fsp3) is 0.143. The summed E-state index contributed by atoms with van der Waals surface area (Å²) in [7, 11) is 1.56. The van der Waals surface area contributed by atoms with Crippen molar-refractivity contribution in [2.24, 2.45) is 0 Å². The van der Waals surface area contributed by atoms with Crippen molar-refractivity contribution in [3.8, 4) is 28.4 Å². The zero-order chi connectivity index (χ0) is 19.8. The van der Waals surface area contributed by atoms with Gasteiger partial charge in [-0.3, -0.25) is 0 Å². The molecule has 0 amide bonds. The molecular weight excluding hydrogens is 356 g/mol. The summed E-state index contributed by atoms with van der Waals surface area (Å²) < 4.78 is 6.98. The first-order valence-electron chi connectivity index (χ1n) is 8.75. The number of nitrogens with zero attached hydrogens (tertiary/aromatic N) is 3. The first kappa shape index (κ1) is 17.7. The van der Waals surface area contributed by atoms with Crippen LogP contribution in [0.3, 0.4) is 0 Å². The van der Waals surface area contributed by atoms with Crippen LogP contribution in [-0.2, 0) is 0 Å². The van der Waals surface area contributed by atoms with Gasteiger partial charge >= 0.3 is 0 Å². The topological polar surface area (TPSA) is 91.9 Å². The van der Waals surface area contributed by atoms with Gasteiger partial charge in [-0.1, -0.05) is 0 Å². The Balaban J connectivity index is 1.70. The molecule has 7 nitrogen and oxygen atoms in total. The van der Waals surface area contributed by atoms with Crippen LogP contribution in [0.5, 0.6) is 17.2 Å². The van der Waals surface area contributed by atoms with E-state index in [0.29, 0.717) is 28.8 Å². The molecule has 0 bridgehead atoms. The third-order valence-corrected chi connectivity index (χ3v) is 4.58. The van der Waals surface area contributed by atoms with Gasteiger partial charge in [0.25, 0.3) is 0 Å². The fourth-order valence-electron chi connectivity index (χ4n) is 3.14.